The number of ether oxygens (including phenoxy) is 1. The summed E-state index contributed by atoms with van der Waals surface area (Å²) in [5, 5.41) is 10.3. The minimum atomic E-state index is 0.0498. The molecule has 0 unspecified atom stereocenters. The number of halogens is 3. The van der Waals surface area contributed by atoms with Crippen LogP contribution in [0.1, 0.15) is 11.1 Å². The summed E-state index contributed by atoms with van der Waals surface area (Å²) in [5.41, 5.74) is 2.43. The highest BCUT2D eigenvalue weighted by molar-refractivity contribution is 9.11. The lowest BCUT2D eigenvalue weighted by atomic mass is 10.2. The van der Waals surface area contributed by atoms with Gasteiger partial charge in [0.25, 0.3) is 0 Å². The molecule has 0 amide bonds. The van der Waals surface area contributed by atoms with Crippen molar-refractivity contribution in [2.45, 2.75) is 6.61 Å². The molecule has 1 N–H and O–H groups in total. The molecular weight excluding hydrogens is 481 g/mol. The van der Waals surface area contributed by atoms with Crippen LogP contribution in [0.15, 0.2) is 74.6 Å². The zero-order chi connectivity index (χ0) is 18.5. The molecule has 0 heterocycles. The minimum Gasteiger partial charge on any atom is -0.506 e. The second-order valence-electron chi connectivity index (χ2n) is 5.48. The van der Waals surface area contributed by atoms with Gasteiger partial charge in [0.2, 0.25) is 0 Å². The molecule has 0 aliphatic carbocycles. The smallest absolute Gasteiger partial charge is 0.142 e. The summed E-state index contributed by atoms with van der Waals surface area (Å²) in [6.07, 6.45) is 1.68. The Balaban J connectivity index is 1.63. The van der Waals surface area contributed by atoms with E-state index in [1.807, 2.05) is 42.5 Å². The summed E-state index contributed by atoms with van der Waals surface area (Å²) >= 11 is 12.8. The molecule has 0 radical (unpaired) electrons. The van der Waals surface area contributed by atoms with Crippen LogP contribution < -0.4 is 4.74 Å². The Hall–Kier alpha value is -1.82. The molecule has 6 heteroatoms. The van der Waals surface area contributed by atoms with E-state index in [-0.39, 0.29) is 5.75 Å². The molecule has 0 saturated heterocycles. The Labute approximate surface area is 173 Å². The van der Waals surface area contributed by atoms with E-state index in [1.165, 1.54) is 6.07 Å². The number of nitrogens with zero attached hydrogens (tertiary/aromatic N) is 1. The highest BCUT2D eigenvalue weighted by Gasteiger charge is 2.03. The largest absolute Gasteiger partial charge is 0.506 e. The Kier molecular flexibility index (Phi) is 6.35. The summed E-state index contributed by atoms with van der Waals surface area (Å²) in [5.74, 6) is 0.820. The van der Waals surface area contributed by atoms with Crippen LogP contribution in [0.3, 0.4) is 0 Å². The SMILES string of the molecule is Oc1cc(Cl)ccc1N=Cc1ccc(OCc2ccc(Br)cc2Br)cc1. The Morgan fingerprint density at radius 1 is 1.00 bits per heavy atom. The maximum Gasteiger partial charge on any atom is 0.142 e. The zero-order valence-electron chi connectivity index (χ0n) is 13.5. The molecule has 0 saturated carbocycles. The summed E-state index contributed by atoms with van der Waals surface area (Å²) in [7, 11) is 0. The van der Waals surface area contributed by atoms with Crippen LogP contribution in [0.2, 0.25) is 5.02 Å². The molecule has 0 aliphatic rings. The van der Waals surface area contributed by atoms with Crippen LogP contribution in [0.25, 0.3) is 0 Å². The Morgan fingerprint density at radius 2 is 1.77 bits per heavy atom. The van der Waals surface area contributed by atoms with Gasteiger partial charge in [0.05, 0.1) is 0 Å². The Bertz CT molecular complexity index is 943. The molecule has 0 aliphatic heterocycles. The van der Waals surface area contributed by atoms with Gasteiger partial charge in [0.1, 0.15) is 23.8 Å². The molecule has 0 spiro atoms. The number of rotatable bonds is 5. The fourth-order valence-corrected chi connectivity index (χ4v) is 3.53. The van der Waals surface area contributed by atoms with E-state index in [2.05, 4.69) is 36.9 Å². The van der Waals surface area contributed by atoms with Crippen molar-refractivity contribution < 1.29 is 9.84 Å². The highest BCUT2D eigenvalue weighted by Crippen LogP contribution is 2.29. The summed E-state index contributed by atoms with van der Waals surface area (Å²) in [4.78, 5) is 4.28. The highest BCUT2D eigenvalue weighted by atomic mass is 79.9. The number of hydrogen-bond acceptors (Lipinski definition) is 3. The van der Waals surface area contributed by atoms with E-state index < -0.39 is 0 Å². The van der Waals surface area contributed by atoms with Crippen molar-refractivity contribution in [2.75, 3.05) is 0 Å². The average molecular weight is 496 g/mol. The van der Waals surface area contributed by atoms with E-state index in [4.69, 9.17) is 16.3 Å². The molecule has 0 bridgehead atoms. The first-order valence-electron chi connectivity index (χ1n) is 7.70. The van der Waals surface area contributed by atoms with E-state index in [0.29, 0.717) is 17.3 Å². The van der Waals surface area contributed by atoms with Gasteiger partial charge in [-0.05, 0) is 54.1 Å². The third-order valence-corrected chi connectivity index (χ3v) is 5.05. The first-order valence-corrected chi connectivity index (χ1v) is 9.67. The molecule has 3 nitrogen and oxygen atoms in total. The standard InChI is InChI=1S/C20H14Br2ClNO2/c21-15-4-3-14(18(22)9-15)12-26-17-6-1-13(2-7-17)11-24-19-8-5-16(23)10-20(19)25/h1-11,25H,12H2. The van der Waals surface area contributed by atoms with Crippen LogP contribution in [0.5, 0.6) is 11.5 Å². The predicted octanol–water partition coefficient (Wildman–Crippen LogP) is 6.90. The van der Waals surface area contributed by atoms with Gasteiger partial charge < -0.3 is 9.84 Å². The molecule has 0 atom stereocenters. The van der Waals surface area contributed by atoms with Crippen LogP contribution in [0, 0.1) is 0 Å². The maximum atomic E-state index is 9.81. The topological polar surface area (TPSA) is 41.8 Å². The fraction of sp³-hybridized carbons (Fsp3) is 0.0500. The molecule has 3 aromatic carbocycles. The molecule has 3 rings (SSSR count). The lowest BCUT2D eigenvalue weighted by molar-refractivity contribution is 0.305. The number of phenols is 1. The van der Waals surface area contributed by atoms with E-state index >= 15 is 0 Å². The van der Waals surface area contributed by atoms with Crippen LogP contribution in [-0.2, 0) is 6.61 Å². The molecular formula is C20H14Br2ClNO2. The third kappa shape index (κ3) is 5.10. The Morgan fingerprint density at radius 3 is 2.46 bits per heavy atom. The van der Waals surface area contributed by atoms with Gasteiger partial charge in [0, 0.05) is 31.8 Å². The fourth-order valence-electron chi connectivity index (χ4n) is 2.20. The molecule has 0 fully saturated rings. The molecule has 3 aromatic rings. The van der Waals surface area contributed by atoms with Gasteiger partial charge in [0.15, 0.2) is 0 Å². The maximum absolute atomic E-state index is 9.81. The van der Waals surface area contributed by atoms with Crippen molar-refractivity contribution in [3.05, 3.63) is 85.8 Å². The summed E-state index contributed by atoms with van der Waals surface area (Å²) in [6, 6.07) is 18.4. The molecule has 132 valence electrons. The normalized spacial score (nSPS) is 11.0. The lowest BCUT2D eigenvalue weighted by Gasteiger charge is -2.08. The van der Waals surface area contributed by atoms with Crippen LogP contribution >= 0.6 is 43.5 Å². The number of aromatic hydroxyl groups is 1. The van der Waals surface area contributed by atoms with Gasteiger partial charge in [-0.2, -0.15) is 0 Å². The van der Waals surface area contributed by atoms with Gasteiger partial charge >= 0.3 is 0 Å². The van der Waals surface area contributed by atoms with E-state index in [1.54, 1.807) is 18.3 Å². The summed E-state index contributed by atoms with van der Waals surface area (Å²) < 4.78 is 7.83. The molecule has 26 heavy (non-hydrogen) atoms. The first-order chi connectivity index (χ1) is 12.5. The monoisotopic (exact) mass is 493 g/mol. The van der Waals surface area contributed by atoms with Gasteiger partial charge in [-0.15, -0.1) is 0 Å². The lowest BCUT2D eigenvalue weighted by Crippen LogP contribution is -1.96. The average Bonchev–Trinajstić information content (AvgIpc) is 2.61. The number of phenolic OH excluding ortho intramolecular Hbond substituents is 1. The van der Waals surface area contributed by atoms with Gasteiger partial charge in [-0.3, -0.25) is 4.99 Å². The van der Waals surface area contributed by atoms with E-state index in [9.17, 15) is 5.11 Å². The quantitative estimate of drug-likeness (QED) is 0.391. The van der Waals surface area contributed by atoms with Gasteiger partial charge in [-0.1, -0.05) is 49.5 Å². The predicted molar refractivity (Wildman–Crippen MR) is 113 cm³/mol. The number of benzene rings is 3. The zero-order valence-corrected chi connectivity index (χ0v) is 17.4. The second kappa shape index (κ2) is 8.71. The minimum absolute atomic E-state index is 0.0498. The van der Waals surface area contributed by atoms with Crippen molar-refractivity contribution >= 4 is 55.4 Å². The van der Waals surface area contributed by atoms with Crippen molar-refractivity contribution in [3.63, 3.8) is 0 Å². The van der Waals surface area contributed by atoms with Crippen LogP contribution in [-0.4, -0.2) is 11.3 Å². The number of aliphatic imine (C=N–C) groups is 1. The summed E-state index contributed by atoms with van der Waals surface area (Å²) in [6.45, 7) is 0.472. The van der Waals surface area contributed by atoms with Crippen molar-refractivity contribution in [3.8, 4) is 11.5 Å². The second-order valence-corrected chi connectivity index (χ2v) is 7.69. The first kappa shape index (κ1) is 19.0. The van der Waals surface area contributed by atoms with Crippen molar-refractivity contribution in [1.29, 1.82) is 0 Å². The van der Waals surface area contributed by atoms with Gasteiger partial charge in [-0.25, -0.2) is 0 Å². The van der Waals surface area contributed by atoms with E-state index in [0.717, 1.165) is 25.8 Å². The van der Waals surface area contributed by atoms with Crippen molar-refractivity contribution in [2.24, 2.45) is 4.99 Å². The molecule has 0 aromatic heterocycles. The third-order valence-electron chi connectivity index (χ3n) is 3.58. The van der Waals surface area contributed by atoms with Crippen LogP contribution in [0.4, 0.5) is 5.69 Å². The van der Waals surface area contributed by atoms with Crippen molar-refractivity contribution in [1.82, 2.24) is 0 Å². The number of hydrogen-bond donors (Lipinski definition) is 1.